The van der Waals surface area contributed by atoms with E-state index in [2.05, 4.69) is 124 Å². The van der Waals surface area contributed by atoms with Crippen LogP contribution in [0.5, 0.6) is 5.75 Å². The van der Waals surface area contributed by atoms with Gasteiger partial charge in [-0.2, -0.15) is 0 Å². The molecular formula is C46H30N4O. The van der Waals surface area contributed by atoms with E-state index in [0.717, 1.165) is 72.2 Å². The zero-order valence-corrected chi connectivity index (χ0v) is 27.5. The third kappa shape index (κ3) is 4.78. The minimum atomic E-state index is 0.257. The van der Waals surface area contributed by atoms with Crippen LogP contribution in [0, 0.1) is 0 Å². The van der Waals surface area contributed by atoms with Crippen molar-refractivity contribution in [3.63, 3.8) is 0 Å². The molecule has 0 aliphatic rings. The van der Waals surface area contributed by atoms with E-state index in [1.54, 1.807) is 6.07 Å². The van der Waals surface area contributed by atoms with Crippen molar-refractivity contribution < 1.29 is 5.11 Å². The zero-order valence-electron chi connectivity index (χ0n) is 27.5. The molecule has 0 saturated carbocycles. The van der Waals surface area contributed by atoms with Crippen molar-refractivity contribution >= 4 is 43.7 Å². The molecule has 0 atom stereocenters. The smallest absolute Gasteiger partial charge is 0.159 e. The average Bonchev–Trinajstić information content (AvgIpc) is 3.70. The van der Waals surface area contributed by atoms with Crippen LogP contribution >= 0.6 is 0 Å². The van der Waals surface area contributed by atoms with Crippen LogP contribution in [0.2, 0.25) is 0 Å². The highest BCUT2D eigenvalue weighted by molar-refractivity contribution is 6.12. The van der Waals surface area contributed by atoms with Gasteiger partial charge in [0.1, 0.15) is 11.3 Å². The van der Waals surface area contributed by atoms with Gasteiger partial charge >= 0.3 is 0 Å². The molecular weight excluding hydrogens is 625 g/mol. The second-order valence-corrected chi connectivity index (χ2v) is 12.9. The van der Waals surface area contributed by atoms with Crippen LogP contribution in [-0.4, -0.2) is 24.2 Å². The lowest BCUT2D eigenvalue weighted by Crippen LogP contribution is -1.95. The van der Waals surface area contributed by atoms with Gasteiger partial charge in [-0.05, 0) is 89.0 Å². The molecule has 0 aliphatic heterocycles. The number of para-hydroxylation sites is 2. The van der Waals surface area contributed by atoms with Gasteiger partial charge in [0.15, 0.2) is 5.82 Å². The van der Waals surface area contributed by atoms with Gasteiger partial charge in [0.05, 0.1) is 28.3 Å². The fourth-order valence-electron chi connectivity index (χ4n) is 7.47. The van der Waals surface area contributed by atoms with E-state index in [4.69, 9.17) is 9.97 Å². The Hall–Kier alpha value is -6.98. The Balaban J connectivity index is 1.19. The van der Waals surface area contributed by atoms with Crippen molar-refractivity contribution in [1.29, 1.82) is 0 Å². The van der Waals surface area contributed by atoms with Gasteiger partial charge < -0.3 is 14.2 Å². The average molecular weight is 655 g/mol. The lowest BCUT2D eigenvalue weighted by molar-refractivity contribution is 0.475. The summed E-state index contributed by atoms with van der Waals surface area (Å²) in [5, 5.41) is 13.6. The standard InChI is InChI=1S/C46H30N4O/c51-37-18-10-13-31(25-37)34-19-22-38-39-26-32(20-23-41(39)49(43(38)28-34)35-14-6-2-7-15-35)33-21-24-42-40(27-33)45-44(50(42)36-16-8-3-9-17-36)29-47-46(48-45)30-11-4-1-5-12-30/h1-29,51H. The van der Waals surface area contributed by atoms with Gasteiger partial charge in [-0.3, -0.25) is 0 Å². The van der Waals surface area contributed by atoms with Gasteiger partial charge in [-0.25, -0.2) is 9.97 Å². The van der Waals surface area contributed by atoms with Gasteiger partial charge in [-0.15, -0.1) is 0 Å². The van der Waals surface area contributed by atoms with Crippen LogP contribution in [0.1, 0.15) is 0 Å². The molecule has 1 N–H and O–H groups in total. The number of hydrogen-bond acceptors (Lipinski definition) is 3. The van der Waals surface area contributed by atoms with E-state index in [9.17, 15) is 5.11 Å². The quantitative estimate of drug-likeness (QED) is 0.201. The molecule has 3 heterocycles. The molecule has 0 saturated heterocycles. The number of benzene rings is 7. The first-order chi connectivity index (χ1) is 25.2. The number of fused-ring (bicyclic) bond motifs is 6. The SMILES string of the molecule is Oc1cccc(-c2ccc3c4cc(-c5ccc6c(c5)c5nc(-c7ccccc7)ncc5n6-c5ccccc5)ccc4n(-c4ccccc4)c3c2)c1. The van der Waals surface area contributed by atoms with E-state index in [1.165, 1.54) is 10.8 Å². The van der Waals surface area contributed by atoms with Crippen LogP contribution in [0.3, 0.4) is 0 Å². The van der Waals surface area contributed by atoms with Gasteiger partial charge in [0.25, 0.3) is 0 Å². The Labute approximate surface area is 294 Å². The van der Waals surface area contributed by atoms with Gasteiger partial charge in [0, 0.05) is 33.1 Å². The molecule has 0 fully saturated rings. The molecule has 0 spiro atoms. The summed E-state index contributed by atoms with van der Waals surface area (Å²) in [5.74, 6) is 0.966. The first-order valence-electron chi connectivity index (χ1n) is 17.1. The number of aromatic hydroxyl groups is 1. The summed E-state index contributed by atoms with van der Waals surface area (Å²) in [6.07, 6.45) is 1.95. The molecule has 3 aromatic heterocycles. The molecule has 240 valence electrons. The molecule has 10 rings (SSSR count). The van der Waals surface area contributed by atoms with Gasteiger partial charge in [0.2, 0.25) is 0 Å². The molecule has 0 aliphatic carbocycles. The third-order valence-electron chi connectivity index (χ3n) is 9.84. The van der Waals surface area contributed by atoms with E-state index >= 15 is 0 Å². The maximum atomic E-state index is 10.2. The first-order valence-corrected chi connectivity index (χ1v) is 17.1. The summed E-state index contributed by atoms with van der Waals surface area (Å²) in [5.41, 5.74) is 12.7. The molecule has 0 bridgehead atoms. The largest absolute Gasteiger partial charge is 0.508 e. The summed E-state index contributed by atoms with van der Waals surface area (Å²) in [4.78, 5) is 9.98. The number of phenols is 1. The summed E-state index contributed by atoms with van der Waals surface area (Å²) >= 11 is 0. The van der Waals surface area contributed by atoms with Crippen molar-refractivity contribution in [2.45, 2.75) is 0 Å². The molecule has 10 aromatic rings. The van der Waals surface area contributed by atoms with Crippen LogP contribution in [-0.2, 0) is 0 Å². The Kier molecular flexibility index (Phi) is 6.58. The summed E-state index contributed by atoms with van der Waals surface area (Å²) in [6.45, 7) is 0. The van der Waals surface area contributed by atoms with E-state index in [1.807, 2.05) is 54.7 Å². The third-order valence-corrected chi connectivity index (χ3v) is 9.84. The number of rotatable bonds is 5. The van der Waals surface area contributed by atoms with Crippen LogP contribution in [0.4, 0.5) is 0 Å². The van der Waals surface area contributed by atoms with Crippen LogP contribution < -0.4 is 0 Å². The Morgan fingerprint density at radius 3 is 1.63 bits per heavy atom. The fraction of sp³-hybridized carbons (Fsp3) is 0. The maximum absolute atomic E-state index is 10.2. The highest BCUT2D eigenvalue weighted by Gasteiger charge is 2.18. The lowest BCUT2D eigenvalue weighted by atomic mass is 10.00. The topological polar surface area (TPSA) is 55.9 Å². The first kappa shape index (κ1) is 29.0. The second kappa shape index (κ2) is 11.6. The number of phenolic OH excluding ortho intramolecular Hbond substituents is 1. The lowest BCUT2D eigenvalue weighted by Gasteiger charge is -2.09. The van der Waals surface area contributed by atoms with Crippen molar-refractivity contribution in [3.8, 4) is 50.8 Å². The van der Waals surface area contributed by atoms with E-state index < -0.39 is 0 Å². The van der Waals surface area contributed by atoms with Crippen molar-refractivity contribution in [2.24, 2.45) is 0 Å². The molecule has 51 heavy (non-hydrogen) atoms. The van der Waals surface area contributed by atoms with Crippen molar-refractivity contribution in [3.05, 3.63) is 176 Å². The highest BCUT2D eigenvalue weighted by atomic mass is 16.3. The predicted octanol–water partition coefficient (Wildman–Crippen LogP) is 11.4. The predicted molar refractivity (Wildman–Crippen MR) is 209 cm³/mol. The van der Waals surface area contributed by atoms with Gasteiger partial charge in [-0.1, -0.05) is 103 Å². The van der Waals surface area contributed by atoms with Crippen LogP contribution in [0.15, 0.2) is 176 Å². The molecule has 0 amide bonds. The Morgan fingerprint density at radius 2 is 0.941 bits per heavy atom. The molecule has 5 nitrogen and oxygen atoms in total. The summed E-state index contributed by atoms with van der Waals surface area (Å²) in [6, 6.07) is 58.6. The zero-order chi connectivity index (χ0) is 33.9. The van der Waals surface area contributed by atoms with Crippen molar-refractivity contribution in [2.75, 3.05) is 0 Å². The number of hydrogen-bond donors (Lipinski definition) is 1. The summed E-state index contributed by atoms with van der Waals surface area (Å²) in [7, 11) is 0. The summed E-state index contributed by atoms with van der Waals surface area (Å²) < 4.78 is 4.59. The minimum absolute atomic E-state index is 0.257. The molecule has 0 radical (unpaired) electrons. The maximum Gasteiger partial charge on any atom is 0.159 e. The second-order valence-electron chi connectivity index (χ2n) is 12.9. The van der Waals surface area contributed by atoms with E-state index in [-0.39, 0.29) is 5.75 Å². The molecule has 0 unspecified atom stereocenters. The van der Waals surface area contributed by atoms with E-state index in [0.29, 0.717) is 5.82 Å². The molecule has 5 heteroatoms. The minimum Gasteiger partial charge on any atom is -0.508 e. The fourth-order valence-corrected chi connectivity index (χ4v) is 7.47. The highest BCUT2D eigenvalue weighted by Crippen LogP contribution is 2.39. The normalized spacial score (nSPS) is 11.6. The number of aromatic nitrogens is 4. The van der Waals surface area contributed by atoms with Crippen LogP contribution in [0.25, 0.3) is 88.8 Å². The monoisotopic (exact) mass is 654 g/mol. The Morgan fingerprint density at radius 1 is 0.392 bits per heavy atom. The Bertz CT molecular complexity index is 2910. The number of nitrogens with zero attached hydrogens (tertiary/aromatic N) is 4. The van der Waals surface area contributed by atoms with Crippen molar-refractivity contribution in [1.82, 2.24) is 19.1 Å². The molecule has 7 aromatic carbocycles.